The molecule has 0 amide bonds. The van der Waals surface area contributed by atoms with Gasteiger partial charge < -0.3 is 4.74 Å². The van der Waals surface area contributed by atoms with E-state index < -0.39 is 41.0 Å². The Morgan fingerprint density at radius 2 is 1.68 bits per heavy atom. The zero-order chi connectivity index (χ0) is 23.6. The summed E-state index contributed by atoms with van der Waals surface area (Å²) in [5, 5.41) is 12.1. The highest BCUT2D eigenvalue weighted by molar-refractivity contribution is 8.50. The van der Waals surface area contributed by atoms with E-state index >= 15 is 0 Å². The lowest BCUT2D eigenvalue weighted by Gasteiger charge is -2.50. The fraction of sp³-hybridized carbons (Fsp3) is 0.176. The second kappa shape index (κ2) is 8.05. The molecule has 6 nitrogen and oxygen atoms in total. The van der Waals surface area contributed by atoms with Gasteiger partial charge in [0.05, 0.1) is 17.8 Å². The first-order valence-electron chi connectivity index (χ1n) is 8.05. The van der Waals surface area contributed by atoms with Crippen LogP contribution in [-0.4, -0.2) is 31.7 Å². The van der Waals surface area contributed by atoms with Crippen LogP contribution < -0.4 is 4.74 Å². The molecule has 0 spiro atoms. The van der Waals surface area contributed by atoms with Gasteiger partial charge in [0, 0.05) is 10.6 Å². The Balaban J connectivity index is 2.29. The van der Waals surface area contributed by atoms with E-state index in [2.05, 4.69) is 9.44 Å². The second-order valence-corrected chi connectivity index (χ2v) is 12.3. The molecule has 2 aromatic carbocycles. The topological polar surface area (TPSA) is 88.8 Å². The first-order valence-corrected chi connectivity index (χ1v) is 12.6. The van der Waals surface area contributed by atoms with Crippen LogP contribution in [-0.2, 0) is 14.4 Å². The number of nitrogens with zero attached hydrogens (tertiary/aromatic N) is 2. The highest BCUT2D eigenvalue weighted by atomic mass is 35.5. The van der Waals surface area contributed by atoms with Gasteiger partial charge in [0.15, 0.2) is 20.3 Å². The highest BCUT2D eigenvalue weighted by Crippen LogP contribution is 3.00. The number of rotatable bonds is 8. The largest absolute Gasteiger partial charge is 0.497 e. The lowest BCUT2D eigenvalue weighted by molar-refractivity contribution is 0.337. The van der Waals surface area contributed by atoms with Crippen LogP contribution in [0.15, 0.2) is 58.6 Å². The number of benzene rings is 2. The average molecular weight is 521 g/mol. The lowest BCUT2D eigenvalue weighted by atomic mass is 10.1. The van der Waals surface area contributed by atoms with Crippen molar-refractivity contribution in [2.45, 2.75) is 9.60 Å². The summed E-state index contributed by atoms with van der Waals surface area (Å²) < 4.78 is 88.3. The van der Waals surface area contributed by atoms with Gasteiger partial charge in [-0.1, -0.05) is 16.8 Å². The zero-order valence-corrected chi connectivity index (χ0v) is 18.7. The molecular weight excluding hydrogens is 507 g/mol. The van der Waals surface area contributed by atoms with Gasteiger partial charge >= 0.3 is 10.1 Å². The van der Waals surface area contributed by atoms with Crippen molar-refractivity contribution in [2.24, 2.45) is 5.16 Å². The Kier molecular flexibility index (Phi) is 6.51. The molecule has 170 valence electrons. The van der Waals surface area contributed by atoms with Gasteiger partial charge in [-0.3, -0.25) is 4.28 Å². The molecule has 0 aliphatic heterocycles. The molecule has 1 unspecified atom stereocenters. The van der Waals surface area contributed by atoms with Crippen LogP contribution in [0.2, 0.25) is 5.02 Å². The first kappa shape index (κ1) is 25.1. The van der Waals surface area contributed by atoms with E-state index in [0.29, 0.717) is 17.9 Å². The standard InChI is InChI=1S/C17H14Cl2F4N2O4S2/c1-28-14-6-2-12(3-7-14)16(10-24)25-29-30(26,27)17(19)11-31(20,21,22,23)15-8-4-13(18)5-9-15/h2-9,17H,11H2,1H3. The maximum absolute atomic E-state index is 14.5. The predicted molar refractivity (Wildman–Crippen MR) is 111 cm³/mol. The minimum absolute atomic E-state index is 0.0765. The van der Waals surface area contributed by atoms with Crippen LogP contribution in [0.1, 0.15) is 5.56 Å². The fourth-order valence-electron chi connectivity index (χ4n) is 2.20. The SMILES string of the molecule is COc1ccc(C(C#N)=NOS(=O)(=O)C(Cl)CS(F)(F)(F)(F)c2ccc(Cl)cc2)cc1. The zero-order valence-electron chi connectivity index (χ0n) is 15.5. The van der Waals surface area contributed by atoms with Gasteiger partial charge in [0.2, 0.25) is 0 Å². The summed E-state index contributed by atoms with van der Waals surface area (Å²) in [6.07, 6.45) is 0. The normalized spacial score (nSPS) is 15.9. The summed E-state index contributed by atoms with van der Waals surface area (Å²) in [4.78, 5) is -1.70. The quantitative estimate of drug-likeness (QED) is 0.185. The van der Waals surface area contributed by atoms with E-state index in [1.165, 1.54) is 37.4 Å². The number of hydrogen-bond acceptors (Lipinski definition) is 6. The number of hydrogen-bond donors (Lipinski definition) is 0. The number of halogens is 6. The molecule has 2 rings (SSSR count). The Hall–Kier alpha value is -2.20. The first-order chi connectivity index (χ1) is 14.1. The van der Waals surface area contributed by atoms with E-state index in [4.69, 9.17) is 33.2 Å². The Labute approximate surface area is 185 Å². The van der Waals surface area contributed by atoms with Crippen LogP contribution in [0.4, 0.5) is 15.5 Å². The number of methoxy groups -OCH3 is 1. The molecule has 0 saturated heterocycles. The highest BCUT2D eigenvalue weighted by Gasteiger charge is 2.66. The minimum Gasteiger partial charge on any atom is -0.497 e. The summed E-state index contributed by atoms with van der Waals surface area (Å²) in [5.41, 5.74) is -0.479. The van der Waals surface area contributed by atoms with Gasteiger partial charge in [-0.2, -0.15) is 13.7 Å². The van der Waals surface area contributed by atoms with Gasteiger partial charge in [-0.05, 0) is 48.5 Å². The molecule has 0 aliphatic carbocycles. The molecule has 0 heterocycles. The van der Waals surface area contributed by atoms with Crippen molar-refractivity contribution in [3.05, 3.63) is 59.1 Å². The van der Waals surface area contributed by atoms with E-state index in [9.17, 15) is 24.0 Å². The van der Waals surface area contributed by atoms with Crippen molar-refractivity contribution in [1.82, 2.24) is 0 Å². The van der Waals surface area contributed by atoms with Crippen molar-refractivity contribution in [1.29, 1.82) is 5.26 Å². The van der Waals surface area contributed by atoms with Crippen LogP contribution in [0, 0.1) is 11.3 Å². The summed E-state index contributed by atoms with van der Waals surface area (Å²) in [5.74, 6) is -2.13. The molecule has 0 aromatic heterocycles. The second-order valence-electron chi connectivity index (χ2n) is 6.12. The monoisotopic (exact) mass is 520 g/mol. The average Bonchev–Trinajstić information content (AvgIpc) is 2.68. The summed E-state index contributed by atoms with van der Waals surface area (Å²) >= 11 is 10.9. The molecule has 0 fully saturated rings. The third-order valence-corrected chi connectivity index (χ3v) is 8.67. The maximum atomic E-state index is 14.5. The summed E-state index contributed by atoms with van der Waals surface area (Å²) in [7, 11) is -13.0. The van der Waals surface area contributed by atoms with Crippen molar-refractivity contribution >= 4 is 48.9 Å². The molecular formula is C17H14Cl2F4N2O4S2. The molecule has 0 N–H and O–H groups in total. The Bertz CT molecular complexity index is 1150. The number of oxime groups is 1. The van der Waals surface area contributed by atoms with Crippen LogP contribution >= 0.6 is 33.0 Å². The van der Waals surface area contributed by atoms with Crippen molar-refractivity contribution in [2.75, 3.05) is 12.9 Å². The Morgan fingerprint density at radius 1 is 1.13 bits per heavy atom. The molecule has 0 saturated carbocycles. The molecule has 31 heavy (non-hydrogen) atoms. The molecule has 14 heteroatoms. The van der Waals surface area contributed by atoms with Gasteiger partial charge in [0.1, 0.15) is 11.8 Å². The van der Waals surface area contributed by atoms with E-state index in [-0.39, 0.29) is 10.6 Å². The van der Waals surface area contributed by atoms with Gasteiger partial charge in [-0.25, -0.2) is 0 Å². The summed E-state index contributed by atoms with van der Waals surface area (Å²) in [6.45, 7) is 0. The summed E-state index contributed by atoms with van der Waals surface area (Å²) in [6, 6.07) is 9.45. The van der Waals surface area contributed by atoms with Crippen molar-refractivity contribution in [3.8, 4) is 11.8 Å². The number of ether oxygens (including phenoxy) is 1. The third-order valence-electron chi connectivity index (χ3n) is 3.82. The van der Waals surface area contributed by atoms with E-state index in [1.54, 1.807) is 0 Å². The van der Waals surface area contributed by atoms with Crippen molar-refractivity contribution in [3.63, 3.8) is 0 Å². The van der Waals surface area contributed by atoms with Crippen LogP contribution in [0.25, 0.3) is 0 Å². The third kappa shape index (κ3) is 6.16. The van der Waals surface area contributed by atoms with Crippen LogP contribution in [0.5, 0.6) is 5.75 Å². The predicted octanol–water partition coefficient (Wildman–Crippen LogP) is 5.96. The van der Waals surface area contributed by atoms with Crippen molar-refractivity contribution < 1.29 is 33.0 Å². The Morgan fingerprint density at radius 3 is 2.16 bits per heavy atom. The minimum atomic E-state index is -9.13. The van der Waals surface area contributed by atoms with E-state index in [1.807, 2.05) is 0 Å². The lowest BCUT2D eigenvalue weighted by Crippen LogP contribution is -2.31. The maximum Gasteiger partial charge on any atom is 0.346 e. The fourth-order valence-corrected chi connectivity index (χ4v) is 6.41. The molecule has 0 bridgehead atoms. The van der Waals surface area contributed by atoms with E-state index in [0.717, 1.165) is 12.1 Å². The molecule has 0 aliphatic rings. The van der Waals surface area contributed by atoms with Gasteiger partial charge in [0.25, 0.3) is 0 Å². The number of alkyl halides is 1. The van der Waals surface area contributed by atoms with Crippen LogP contribution in [0.3, 0.4) is 0 Å². The smallest absolute Gasteiger partial charge is 0.346 e. The van der Waals surface area contributed by atoms with Gasteiger partial charge in [-0.15, -0.1) is 27.1 Å². The molecule has 0 radical (unpaired) electrons. The molecule has 2 aromatic rings. The molecule has 1 atom stereocenters. The number of nitriles is 1.